The zero-order valence-electron chi connectivity index (χ0n) is 12.5. The number of nitrogens with zero attached hydrogens (tertiary/aromatic N) is 2. The quantitative estimate of drug-likeness (QED) is 0.907. The molecule has 0 unspecified atom stereocenters. The molecular formula is C15H15F3N4O. The normalized spacial score (nSPS) is 12.6. The number of carbonyl (C=O) groups excluding carboxylic acids is 1. The van der Waals surface area contributed by atoms with Crippen LogP contribution in [0.5, 0.6) is 0 Å². The Morgan fingerprint density at radius 3 is 2.30 bits per heavy atom. The molecule has 1 amide bonds. The van der Waals surface area contributed by atoms with E-state index in [4.69, 9.17) is 0 Å². The lowest BCUT2D eigenvalue weighted by Crippen LogP contribution is -2.43. The van der Waals surface area contributed by atoms with Crippen LogP contribution in [-0.2, 0) is 0 Å². The summed E-state index contributed by atoms with van der Waals surface area (Å²) < 4.78 is 37.4. The first-order chi connectivity index (χ1) is 10.8. The number of aromatic nitrogens is 2. The van der Waals surface area contributed by atoms with Gasteiger partial charge in [0.1, 0.15) is 11.7 Å². The van der Waals surface area contributed by atoms with Gasteiger partial charge >= 0.3 is 6.18 Å². The zero-order valence-corrected chi connectivity index (χ0v) is 12.5. The summed E-state index contributed by atoms with van der Waals surface area (Å²) in [6, 6.07) is 4.20. The highest BCUT2D eigenvalue weighted by atomic mass is 19.4. The predicted octanol–water partition coefficient (Wildman–Crippen LogP) is 2.87. The van der Waals surface area contributed by atoms with Gasteiger partial charge in [0.15, 0.2) is 5.82 Å². The van der Waals surface area contributed by atoms with E-state index in [-0.39, 0.29) is 5.56 Å². The van der Waals surface area contributed by atoms with Crippen LogP contribution in [0.3, 0.4) is 0 Å². The van der Waals surface area contributed by atoms with Gasteiger partial charge in [0.2, 0.25) is 0 Å². The van der Waals surface area contributed by atoms with Crippen LogP contribution in [0.4, 0.5) is 19.0 Å². The fraction of sp³-hybridized carbons (Fsp3) is 0.267. The Morgan fingerprint density at radius 1 is 1.13 bits per heavy atom. The minimum absolute atomic E-state index is 0.139. The lowest BCUT2D eigenvalue weighted by Gasteiger charge is -2.17. The topological polar surface area (TPSA) is 66.9 Å². The molecule has 1 aromatic carbocycles. The maximum atomic E-state index is 12.5. The highest BCUT2D eigenvalue weighted by Gasteiger charge is 2.37. The number of hydrogen-bond acceptors (Lipinski definition) is 4. The predicted molar refractivity (Wildman–Crippen MR) is 80.0 cm³/mol. The molecule has 0 fully saturated rings. The second-order valence-electron chi connectivity index (χ2n) is 4.82. The molecule has 0 aliphatic carbocycles. The third kappa shape index (κ3) is 3.97. The fourth-order valence-electron chi connectivity index (χ4n) is 1.87. The Bertz CT molecular complexity index is 686. The van der Waals surface area contributed by atoms with Gasteiger partial charge in [0, 0.05) is 30.6 Å². The van der Waals surface area contributed by atoms with Crippen molar-refractivity contribution in [2.24, 2.45) is 0 Å². The van der Waals surface area contributed by atoms with Crippen LogP contribution in [0, 0.1) is 0 Å². The average molecular weight is 324 g/mol. The highest BCUT2D eigenvalue weighted by molar-refractivity contribution is 5.95. The maximum Gasteiger partial charge on any atom is 0.408 e. The van der Waals surface area contributed by atoms with Crippen LogP contribution >= 0.6 is 0 Å². The number of halogens is 3. The first kappa shape index (κ1) is 16.7. The van der Waals surface area contributed by atoms with Crippen molar-refractivity contribution in [3.8, 4) is 11.3 Å². The maximum absolute atomic E-state index is 12.5. The molecule has 1 heterocycles. The van der Waals surface area contributed by atoms with Crippen molar-refractivity contribution in [1.82, 2.24) is 15.3 Å². The van der Waals surface area contributed by atoms with Gasteiger partial charge in [-0.15, -0.1) is 0 Å². The van der Waals surface area contributed by atoms with Crippen LogP contribution in [0.1, 0.15) is 17.3 Å². The van der Waals surface area contributed by atoms with Crippen molar-refractivity contribution in [3.05, 3.63) is 42.2 Å². The molecule has 2 rings (SSSR count). The van der Waals surface area contributed by atoms with Crippen LogP contribution in [0.25, 0.3) is 11.3 Å². The van der Waals surface area contributed by atoms with E-state index in [1.165, 1.54) is 24.5 Å². The van der Waals surface area contributed by atoms with Gasteiger partial charge in [-0.2, -0.15) is 13.2 Å². The number of carbonyl (C=O) groups is 1. The van der Waals surface area contributed by atoms with E-state index in [9.17, 15) is 18.0 Å². The molecular weight excluding hydrogens is 309 g/mol. The molecule has 5 nitrogen and oxygen atoms in total. The first-order valence-electron chi connectivity index (χ1n) is 6.79. The zero-order chi connectivity index (χ0) is 17.0. The van der Waals surface area contributed by atoms with E-state index in [2.05, 4.69) is 15.3 Å². The number of amides is 1. The summed E-state index contributed by atoms with van der Waals surface area (Å²) in [5.74, 6) is -0.218. The molecule has 0 aliphatic heterocycles. The Hall–Kier alpha value is -2.64. The van der Waals surface area contributed by atoms with Gasteiger partial charge in [-0.1, -0.05) is 12.1 Å². The standard InChI is InChI=1S/C15H15F3N4O/c1-9(15(16,17)18)22-14(23)11-5-3-10(4-6-11)12-13(19-2)21-8-7-20-12/h3-9H,1-2H3,(H,19,21)(H,22,23)/t9-/m0/s1. The van der Waals surface area contributed by atoms with E-state index < -0.39 is 18.1 Å². The number of benzene rings is 1. The van der Waals surface area contributed by atoms with Crippen molar-refractivity contribution >= 4 is 11.7 Å². The van der Waals surface area contributed by atoms with Crippen molar-refractivity contribution in [1.29, 1.82) is 0 Å². The molecule has 23 heavy (non-hydrogen) atoms. The molecule has 122 valence electrons. The van der Waals surface area contributed by atoms with Crippen molar-refractivity contribution < 1.29 is 18.0 Å². The summed E-state index contributed by atoms with van der Waals surface area (Å²) in [7, 11) is 1.70. The van der Waals surface area contributed by atoms with Crippen LogP contribution in [0.15, 0.2) is 36.7 Å². The lowest BCUT2D eigenvalue weighted by molar-refractivity contribution is -0.149. The smallest absolute Gasteiger partial charge is 0.371 e. The molecule has 8 heteroatoms. The number of hydrogen-bond donors (Lipinski definition) is 2. The van der Waals surface area contributed by atoms with E-state index >= 15 is 0 Å². The fourth-order valence-corrected chi connectivity index (χ4v) is 1.87. The lowest BCUT2D eigenvalue weighted by atomic mass is 10.1. The Morgan fingerprint density at radius 2 is 1.74 bits per heavy atom. The third-order valence-electron chi connectivity index (χ3n) is 3.19. The van der Waals surface area contributed by atoms with E-state index in [1.54, 1.807) is 19.2 Å². The SMILES string of the molecule is CNc1nccnc1-c1ccc(C(=O)N[C@@H](C)C(F)(F)F)cc1. The van der Waals surface area contributed by atoms with E-state index in [1.807, 2.05) is 5.32 Å². The van der Waals surface area contributed by atoms with Crippen molar-refractivity contribution in [2.75, 3.05) is 12.4 Å². The van der Waals surface area contributed by atoms with Gasteiger partial charge < -0.3 is 10.6 Å². The highest BCUT2D eigenvalue weighted by Crippen LogP contribution is 2.24. The minimum Gasteiger partial charge on any atom is -0.371 e. The summed E-state index contributed by atoms with van der Waals surface area (Å²) in [4.78, 5) is 20.1. The molecule has 1 aromatic heterocycles. The van der Waals surface area contributed by atoms with Gasteiger partial charge in [0.25, 0.3) is 5.91 Å². The molecule has 0 saturated heterocycles. The van der Waals surface area contributed by atoms with E-state index in [0.29, 0.717) is 17.1 Å². The second kappa shape index (κ2) is 6.64. The molecule has 0 bridgehead atoms. The Balaban J connectivity index is 2.18. The summed E-state index contributed by atoms with van der Waals surface area (Å²) in [6.07, 6.45) is -1.41. The molecule has 0 radical (unpaired) electrons. The van der Waals surface area contributed by atoms with Crippen LogP contribution in [0.2, 0.25) is 0 Å². The van der Waals surface area contributed by atoms with Crippen LogP contribution < -0.4 is 10.6 Å². The molecule has 0 spiro atoms. The summed E-state index contributed by atoms with van der Waals surface area (Å²) in [6.45, 7) is 0.894. The average Bonchev–Trinajstić information content (AvgIpc) is 2.54. The first-order valence-corrected chi connectivity index (χ1v) is 6.79. The van der Waals surface area contributed by atoms with Crippen molar-refractivity contribution in [3.63, 3.8) is 0 Å². The van der Waals surface area contributed by atoms with Crippen LogP contribution in [-0.4, -0.2) is 35.1 Å². The monoisotopic (exact) mass is 324 g/mol. The van der Waals surface area contributed by atoms with Gasteiger partial charge in [-0.25, -0.2) is 4.98 Å². The number of anilines is 1. The molecule has 2 N–H and O–H groups in total. The van der Waals surface area contributed by atoms with Crippen molar-refractivity contribution in [2.45, 2.75) is 19.1 Å². The third-order valence-corrected chi connectivity index (χ3v) is 3.19. The molecule has 2 aromatic rings. The molecule has 0 aliphatic rings. The molecule has 0 saturated carbocycles. The van der Waals surface area contributed by atoms with Gasteiger partial charge in [-0.3, -0.25) is 9.78 Å². The van der Waals surface area contributed by atoms with E-state index in [0.717, 1.165) is 6.92 Å². The number of rotatable bonds is 4. The summed E-state index contributed by atoms with van der Waals surface area (Å²) in [5.41, 5.74) is 1.42. The Kier molecular flexibility index (Phi) is 4.83. The largest absolute Gasteiger partial charge is 0.408 e. The molecule has 1 atom stereocenters. The minimum atomic E-state index is -4.48. The van der Waals surface area contributed by atoms with Gasteiger partial charge in [0.05, 0.1) is 0 Å². The second-order valence-corrected chi connectivity index (χ2v) is 4.82. The number of nitrogens with one attached hydrogen (secondary N) is 2. The van der Waals surface area contributed by atoms with Gasteiger partial charge in [-0.05, 0) is 19.1 Å². The Labute approximate surface area is 131 Å². The summed E-state index contributed by atoms with van der Waals surface area (Å²) in [5, 5.41) is 4.81. The number of alkyl halides is 3. The summed E-state index contributed by atoms with van der Waals surface area (Å²) >= 11 is 0.